The van der Waals surface area contributed by atoms with Crippen molar-refractivity contribution < 1.29 is 24.6 Å². The van der Waals surface area contributed by atoms with Gasteiger partial charge in [-0.3, -0.25) is 9.69 Å². The van der Waals surface area contributed by atoms with Crippen molar-refractivity contribution in [2.24, 2.45) is 0 Å². The Kier molecular flexibility index (Phi) is 5.40. The van der Waals surface area contributed by atoms with Crippen LogP contribution in [0, 0.1) is 0 Å². The molecule has 0 aliphatic carbocycles. The number of hydrogen-bond donors (Lipinski definition) is 0. The van der Waals surface area contributed by atoms with Gasteiger partial charge in [-0.25, -0.2) is 0 Å². The number of amides is 1. The maximum Gasteiger partial charge on any atom is 0.266 e. The van der Waals surface area contributed by atoms with Crippen molar-refractivity contribution in [2.45, 2.75) is 12.5 Å². The monoisotopic (exact) mass is 369 g/mol. The predicted molar refractivity (Wildman–Crippen MR) is 84.9 cm³/mol. The molecule has 1 aromatic rings. The summed E-state index contributed by atoms with van der Waals surface area (Å²) in [6.45, 7) is 0. The lowest BCUT2D eigenvalue weighted by atomic mass is 10.1. The van der Waals surface area contributed by atoms with Gasteiger partial charge in [-0.2, -0.15) is 0 Å². The van der Waals surface area contributed by atoms with E-state index in [1.165, 1.54) is 6.08 Å². The summed E-state index contributed by atoms with van der Waals surface area (Å²) >= 11 is 11.6. The van der Waals surface area contributed by atoms with E-state index in [-0.39, 0.29) is 9.23 Å². The van der Waals surface area contributed by atoms with Crippen LogP contribution in [0.2, 0.25) is 5.02 Å². The largest absolute Gasteiger partial charge is 0.550 e. The first-order valence-electron chi connectivity index (χ1n) is 6.23. The quantitative estimate of drug-likeness (QED) is 0.523. The van der Waals surface area contributed by atoms with Crippen LogP contribution in [0.1, 0.15) is 12.0 Å². The summed E-state index contributed by atoms with van der Waals surface area (Å²) in [6, 6.07) is 4.91. The Morgan fingerprint density at radius 2 is 1.91 bits per heavy atom. The van der Waals surface area contributed by atoms with E-state index in [0.29, 0.717) is 10.6 Å². The van der Waals surface area contributed by atoms with Crippen molar-refractivity contribution in [3.8, 4) is 0 Å². The Labute approximate surface area is 145 Å². The van der Waals surface area contributed by atoms with Gasteiger partial charge in [-0.15, -0.1) is 0 Å². The van der Waals surface area contributed by atoms with Gasteiger partial charge in [-0.05, 0) is 23.8 Å². The van der Waals surface area contributed by atoms with E-state index in [1.54, 1.807) is 24.3 Å². The van der Waals surface area contributed by atoms with Gasteiger partial charge in [0.1, 0.15) is 4.32 Å². The molecule has 1 fully saturated rings. The number of rotatable bonds is 5. The minimum absolute atomic E-state index is 0.0503. The Morgan fingerprint density at radius 1 is 1.30 bits per heavy atom. The molecule has 6 nitrogen and oxygen atoms in total. The molecule has 2 rings (SSSR count). The third-order valence-electron chi connectivity index (χ3n) is 2.94. The summed E-state index contributed by atoms with van der Waals surface area (Å²) in [6.07, 6.45) is 0.615. The van der Waals surface area contributed by atoms with Crippen LogP contribution < -0.4 is 10.2 Å². The molecule has 0 N–H and O–H groups in total. The van der Waals surface area contributed by atoms with Gasteiger partial charge in [0.15, 0.2) is 0 Å². The zero-order chi connectivity index (χ0) is 17.1. The first-order valence-corrected chi connectivity index (χ1v) is 7.83. The van der Waals surface area contributed by atoms with Gasteiger partial charge in [0, 0.05) is 17.4 Å². The van der Waals surface area contributed by atoms with Gasteiger partial charge in [0.2, 0.25) is 0 Å². The highest BCUT2D eigenvalue weighted by Gasteiger charge is 2.37. The molecule has 1 aromatic carbocycles. The van der Waals surface area contributed by atoms with Crippen LogP contribution in [-0.2, 0) is 14.4 Å². The highest BCUT2D eigenvalue weighted by Crippen LogP contribution is 2.34. The molecular formula is C14H8ClNO5S2-2. The summed E-state index contributed by atoms with van der Waals surface area (Å²) in [4.78, 5) is 35.0. The fourth-order valence-electron chi connectivity index (χ4n) is 1.90. The van der Waals surface area contributed by atoms with Crippen molar-refractivity contribution in [1.82, 2.24) is 4.90 Å². The summed E-state index contributed by atoms with van der Waals surface area (Å²) < 4.78 is -0.0503. The number of halogens is 1. The zero-order valence-corrected chi connectivity index (χ0v) is 13.7. The lowest BCUT2D eigenvalue weighted by Crippen LogP contribution is -2.52. The molecule has 1 atom stereocenters. The van der Waals surface area contributed by atoms with E-state index in [4.69, 9.17) is 23.8 Å². The standard InChI is InChI=1S/C14H10ClNO5S2/c15-8-3-1-7(2-4-8)5-10-12(19)16(14(22)23-10)9(13(20)21)6-11(17)18/h1-5,9H,6H2,(H,17,18)(H,20,21)/p-2/b10-5+/t9-/m1/s1. The van der Waals surface area contributed by atoms with E-state index >= 15 is 0 Å². The average molecular weight is 370 g/mol. The fourth-order valence-corrected chi connectivity index (χ4v) is 3.38. The van der Waals surface area contributed by atoms with Crippen LogP contribution in [0.4, 0.5) is 0 Å². The van der Waals surface area contributed by atoms with E-state index in [2.05, 4.69) is 0 Å². The lowest BCUT2D eigenvalue weighted by Gasteiger charge is -2.27. The first kappa shape index (κ1) is 17.5. The van der Waals surface area contributed by atoms with Crippen LogP contribution in [-0.4, -0.2) is 33.1 Å². The minimum Gasteiger partial charge on any atom is -0.550 e. The molecule has 0 radical (unpaired) electrons. The topological polar surface area (TPSA) is 101 Å². The van der Waals surface area contributed by atoms with Gasteiger partial charge in [-0.1, -0.05) is 47.7 Å². The number of hydrogen-bond acceptors (Lipinski definition) is 7. The third-order valence-corrected chi connectivity index (χ3v) is 4.52. The Bertz CT molecular complexity index is 716. The number of thiocarbonyl (C=S) groups is 1. The number of nitrogens with zero attached hydrogens (tertiary/aromatic N) is 1. The maximum atomic E-state index is 12.3. The molecule has 0 bridgehead atoms. The number of carbonyl (C=O) groups excluding carboxylic acids is 3. The second-order valence-electron chi connectivity index (χ2n) is 4.51. The normalized spacial score (nSPS) is 17.6. The molecular weight excluding hydrogens is 362 g/mol. The van der Waals surface area contributed by atoms with Crippen molar-refractivity contribution in [3.63, 3.8) is 0 Å². The Balaban J connectivity index is 2.30. The van der Waals surface area contributed by atoms with Gasteiger partial charge in [0.25, 0.3) is 5.91 Å². The molecule has 1 aliphatic heterocycles. The smallest absolute Gasteiger partial charge is 0.266 e. The van der Waals surface area contributed by atoms with Crippen LogP contribution in [0.15, 0.2) is 29.2 Å². The highest BCUT2D eigenvalue weighted by molar-refractivity contribution is 8.26. The van der Waals surface area contributed by atoms with Gasteiger partial charge >= 0.3 is 0 Å². The van der Waals surface area contributed by atoms with E-state index in [9.17, 15) is 24.6 Å². The SMILES string of the molecule is O=C([O-])C[C@H](C(=O)[O-])N1C(=O)/C(=C\c2ccc(Cl)cc2)SC1=S. The average Bonchev–Trinajstić information content (AvgIpc) is 2.73. The van der Waals surface area contributed by atoms with E-state index in [0.717, 1.165) is 16.7 Å². The van der Waals surface area contributed by atoms with Gasteiger partial charge in [0.05, 0.1) is 16.9 Å². The molecule has 1 heterocycles. The highest BCUT2D eigenvalue weighted by atomic mass is 35.5. The van der Waals surface area contributed by atoms with Crippen molar-refractivity contribution >= 4 is 63.8 Å². The van der Waals surface area contributed by atoms with Crippen LogP contribution in [0.5, 0.6) is 0 Å². The molecule has 0 unspecified atom stereocenters. The number of carboxylic acids is 2. The predicted octanol–water partition coefficient (Wildman–Crippen LogP) is -0.200. The summed E-state index contributed by atoms with van der Waals surface area (Å²) in [5.41, 5.74) is 0.666. The molecule has 1 saturated heterocycles. The fraction of sp³-hybridized carbons (Fsp3) is 0.143. The van der Waals surface area contributed by atoms with Crippen LogP contribution in [0.3, 0.4) is 0 Å². The molecule has 1 amide bonds. The molecule has 0 spiro atoms. The van der Waals surface area contributed by atoms with Crippen LogP contribution >= 0.6 is 35.6 Å². The first-order chi connectivity index (χ1) is 10.8. The van der Waals surface area contributed by atoms with Gasteiger partial charge < -0.3 is 19.8 Å². The number of benzene rings is 1. The Morgan fingerprint density at radius 3 is 2.43 bits per heavy atom. The number of carboxylic acid groups (broad SMARTS) is 2. The number of thioether (sulfide) groups is 1. The number of aliphatic carboxylic acids is 2. The third kappa shape index (κ3) is 4.10. The molecule has 0 saturated carbocycles. The molecule has 1 aliphatic rings. The molecule has 120 valence electrons. The van der Waals surface area contributed by atoms with E-state index in [1.807, 2.05) is 0 Å². The molecule has 9 heteroatoms. The molecule has 0 aromatic heterocycles. The maximum absolute atomic E-state index is 12.3. The van der Waals surface area contributed by atoms with Crippen LogP contribution in [0.25, 0.3) is 6.08 Å². The summed E-state index contributed by atoms with van der Waals surface area (Å²) in [5.74, 6) is -4.02. The second-order valence-corrected chi connectivity index (χ2v) is 6.63. The van der Waals surface area contributed by atoms with Crippen molar-refractivity contribution in [2.75, 3.05) is 0 Å². The summed E-state index contributed by atoms with van der Waals surface area (Å²) in [7, 11) is 0. The Hall–Kier alpha value is -1.90. The van der Waals surface area contributed by atoms with Crippen molar-refractivity contribution in [1.29, 1.82) is 0 Å². The second kappa shape index (κ2) is 7.12. The molecule has 23 heavy (non-hydrogen) atoms. The zero-order valence-electron chi connectivity index (χ0n) is 11.4. The van der Waals surface area contributed by atoms with E-state index < -0.39 is 30.3 Å². The number of carbonyl (C=O) groups is 3. The summed E-state index contributed by atoms with van der Waals surface area (Å²) in [5, 5.41) is 22.3. The lowest BCUT2D eigenvalue weighted by molar-refractivity contribution is -0.319. The van der Waals surface area contributed by atoms with Crippen molar-refractivity contribution in [3.05, 3.63) is 39.8 Å². The minimum atomic E-state index is -1.71.